The molecule has 2 nitrogen and oxygen atoms in total. The Kier molecular flexibility index (Phi) is 3.42. The van der Waals surface area contributed by atoms with Crippen molar-refractivity contribution in [2.24, 2.45) is 0 Å². The molecule has 0 radical (unpaired) electrons. The van der Waals surface area contributed by atoms with E-state index in [2.05, 4.69) is 10.3 Å². The summed E-state index contributed by atoms with van der Waals surface area (Å²) in [6.45, 7) is 0. The third-order valence-corrected chi connectivity index (χ3v) is 2.89. The van der Waals surface area contributed by atoms with Crippen molar-refractivity contribution in [2.45, 2.75) is 16.8 Å². The lowest BCUT2D eigenvalue weighted by molar-refractivity contribution is -0.0328. The van der Waals surface area contributed by atoms with Gasteiger partial charge >= 0.3 is 5.51 Å². The van der Waals surface area contributed by atoms with Crippen LogP contribution in [0.2, 0.25) is 0 Å². The van der Waals surface area contributed by atoms with E-state index < -0.39 is 5.51 Å². The highest BCUT2D eigenvalue weighted by Crippen LogP contribution is 2.40. The van der Waals surface area contributed by atoms with Crippen molar-refractivity contribution in [1.82, 2.24) is 10.3 Å². The molecule has 2 rings (SSSR count). The van der Waals surface area contributed by atoms with Crippen LogP contribution in [-0.2, 0) is 0 Å². The van der Waals surface area contributed by atoms with Gasteiger partial charge in [0.05, 0.1) is 5.69 Å². The fourth-order valence-electron chi connectivity index (χ4n) is 1.47. The Morgan fingerprint density at radius 3 is 2.82 bits per heavy atom. The molecule has 0 unspecified atom stereocenters. The summed E-state index contributed by atoms with van der Waals surface area (Å²) in [6, 6.07) is 2.93. The van der Waals surface area contributed by atoms with E-state index in [4.69, 9.17) is 0 Å². The smallest absolute Gasteiger partial charge is 0.368 e. The number of rotatable bonds is 2. The monoisotopic (exact) mass is 258 g/mol. The van der Waals surface area contributed by atoms with Gasteiger partial charge < -0.3 is 5.32 Å². The number of allylic oxidation sites excluding steroid dienone is 2. The Morgan fingerprint density at radius 2 is 2.18 bits per heavy atom. The number of nitrogens with zero attached hydrogens (tertiary/aromatic N) is 1. The first-order valence-corrected chi connectivity index (χ1v) is 5.69. The molecule has 0 saturated carbocycles. The number of halogens is 3. The van der Waals surface area contributed by atoms with Crippen molar-refractivity contribution in [3.8, 4) is 0 Å². The van der Waals surface area contributed by atoms with Gasteiger partial charge in [-0.15, -0.1) is 0 Å². The van der Waals surface area contributed by atoms with Crippen molar-refractivity contribution in [1.29, 1.82) is 0 Å². The number of nitrogens with one attached hydrogen (secondary N) is 1. The molecular weight excluding hydrogens is 249 g/mol. The number of pyridine rings is 1. The van der Waals surface area contributed by atoms with Crippen molar-refractivity contribution in [2.75, 3.05) is 0 Å². The van der Waals surface area contributed by atoms with E-state index in [1.54, 1.807) is 12.4 Å². The predicted octanol–water partition coefficient (Wildman–Crippen LogP) is 3.54. The summed E-state index contributed by atoms with van der Waals surface area (Å²) in [4.78, 5) is 4.15. The SMILES string of the molecule is FC(F)(F)Sc1cccnc1C1=CNC=CC1. The molecule has 0 bridgehead atoms. The van der Waals surface area contributed by atoms with Crippen LogP contribution in [0.25, 0.3) is 5.57 Å². The molecule has 2 heterocycles. The van der Waals surface area contributed by atoms with Crippen molar-refractivity contribution in [3.05, 3.63) is 42.5 Å². The van der Waals surface area contributed by atoms with Gasteiger partial charge in [0.15, 0.2) is 0 Å². The number of aromatic nitrogens is 1. The molecule has 0 atom stereocenters. The van der Waals surface area contributed by atoms with Crippen LogP contribution in [0.15, 0.2) is 41.7 Å². The molecule has 0 spiro atoms. The Morgan fingerprint density at radius 1 is 1.35 bits per heavy atom. The maximum atomic E-state index is 12.4. The summed E-state index contributed by atoms with van der Waals surface area (Å²) >= 11 is -0.134. The minimum atomic E-state index is -4.30. The third-order valence-electron chi connectivity index (χ3n) is 2.11. The van der Waals surface area contributed by atoms with Crippen LogP contribution >= 0.6 is 11.8 Å². The average molecular weight is 258 g/mol. The maximum Gasteiger partial charge on any atom is 0.446 e. The highest BCUT2D eigenvalue weighted by Gasteiger charge is 2.31. The van der Waals surface area contributed by atoms with E-state index in [-0.39, 0.29) is 16.7 Å². The highest BCUT2D eigenvalue weighted by atomic mass is 32.2. The highest BCUT2D eigenvalue weighted by molar-refractivity contribution is 8.00. The molecule has 0 aromatic carbocycles. The lowest BCUT2D eigenvalue weighted by Crippen LogP contribution is -2.05. The largest absolute Gasteiger partial charge is 0.446 e. The predicted molar refractivity (Wildman–Crippen MR) is 61.0 cm³/mol. The molecule has 6 heteroatoms. The van der Waals surface area contributed by atoms with E-state index in [0.717, 1.165) is 5.57 Å². The molecule has 1 aliphatic rings. The lowest BCUT2D eigenvalue weighted by atomic mass is 10.1. The van der Waals surface area contributed by atoms with Gasteiger partial charge in [0.1, 0.15) is 0 Å². The van der Waals surface area contributed by atoms with Gasteiger partial charge in [0.25, 0.3) is 0 Å². The van der Waals surface area contributed by atoms with Crippen LogP contribution in [-0.4, -0.2) is 10.5 Å². The minimum absolute atomic E-state index is 0.128. The number of hydrogen-bond acceptors (Lipinski definition) is 3. The summed E-state index contributed by atoms with van der Waals surface area (Å²) in [5.74, 6) is 0. The summed E-state index contributed by atoms with van der Waals surface area (Å²) in [7, 11) is 0. The molecule has 1 aromatic heterocycles. The second-order valence-electron chi connectivity index (χ2n) is 3.34. The van der Waals surface area contributed by atoms with Crippen LogP contribution in [0.1, 0.15) is 12.1 Å². The molecular formula is C11H9F3N2S. The first-order valence-electron chi connectivity index (χ1n) is 4.87. The number of thioether (sulfide) groups is 1. The van der Waals surface area contributed by atoms with Crippen LogP contribution < -0.4 is 5.32 Å². The van der Waals surface area contributed by atoms with Crippen LogP contribution in [0.3, 0.4) is 0 Å². The van der Waals surface area contributed by atoms with Gasteiger partial charge in [-0.05, 0) is 42.1 Å². The van der Waals surface area contributed by atoms with Crippen LogP contribution in [0.4, 0.5) is 13.2 Å². The molecule has 1 aromatic rings. The Hall–Kier alpha value is -1.43. The average Bonchev–Trinajstić information content (AvgIpc) is 2.29. The summed E-state index contributed by atoms with van der Waals surface area (Å²) in [5.41, 5.74) is -3.16. The van der Waals surface area contributed by atoms with Gasteiger partial charge in [-0.25, -0.2) is 0 Å². The zero-order chi connectivity index (χ0) is 12.3. The number of hydrogen-bond donors (Lipinski definition) is 1. The summed E-state index contributed by atoms with van der Waals surface area (Å²) in [5, 5.41) is 2.85. The van der Waals surface area contributed by atoms with E-state index in [1.807, 2.05) is 6.08 Å². The Bertz CT molecular complexity index is 466. The zero-order valence-corrected chi connectivity index (χ0v) is 9.48. The first kappa shape index (κ1) is 12.0. The van der Waals surface area contributed by atoms with Gasteiger partial charge in [-0.2, -0.15) is 13.2 Å². The van der Waals surface area contributed by atoms with E-state index in [1.165, 1.54) is 18.3 Å². The summed E-state index contributed by atoms with van der Waals surface area (Å²) in [6.07, 6.45) is 7.32. The fourth-order valence-corrected chi connectivity index (χ4v) is 2.14. The second-order valence-corrected chi connectivity index (χ2v) is 4.45. The quantitative estimate of drug-likeness (QED) is 0.821. The van der Waals surface area contributed by atoms with Gasteiger partial charge in [-0.3, -0.25) is 4.98 Å². The minimum Gasteiger partial charge on any atom is -0.368 e. The third kappa shape index (κ3) is 3.26. The fraction of sp³-hybridized carbons (Fsp3) is 0.182. The van der Waals surface area contributed by atoms with Crippen LogP contribution in [0, 0.1) is 0 Å². The standard InChI is InChI=1S/C11H9F3N2S/c12-11(13,14)17-9-4-2-6-16-10(9)8-3-1-5-15-7-8/h1-2,4-7,15H,3H2. The van der Waals surface area contributed by atoms with Gasteiger partial charge in [-0.1, -0.05) is 6.08 Å². The summed E-state index contributed by atoms with van der Waals surface area (Å²) < 4.78 is 37.1. The molecule has 0 saturated heterocycles. The zero-order valence-electron chi connectivity index (χ0n) is 8.66. The van der Waals surface area contributed by atoms with Gasteiger partial charge in [0, 0.05) is 17.3 Å². The van der Waals surface area contributed by atoms with Gasteiger partial charge in [0.2, 0.25) is 0 Å². The second kappa shape index (κ2) is 4.83. The Labute approximate surface area is 101 Å². The number of dihydropyridines is 1. The lowest BCUT2D eigenvalue weighted by Gasteiger charge is -2.13. The molecule has 1 N–H and O–H groups in total. The first-order chi connectivity index (χ1) is 8.06. The molecule has 90 valence electrons. The molecule has 0 fully saturated rings. The topological polar surface area (TPSA) is 24.9 Å². The number of alkyl halides is 3. The normalized spacial score (nSPS) is 15.4. The van der Waals surface area contributed by atoms with E-state index >= 15 is 0 Å². The van der Waals surface area contributed by atoms with Crippen molar-refractivity contribution >= 4 is 17.3 Å². The molecule has 1 aliphatic heterocycles. The van der Waals surface area contributed by atoms with Crippen molar-refractivity contribution in [3.63, 3.8) is 0 Å². The van der Waals surface area contributed by atoms with E-state index in [9.17, 15) is 13.2 Å². The molecule has 0 amide bonds. The Balaban J connectivity index is 2.30. The maximum absolute atomic E-state index is 12.4. The molecule has 0 aliphatic carbocycles. The van der Waals surface area contributed by atoms with Crippen molar-refractivity contribution < 1.29 is 13.2 Å². The molecule has 17 heavy (non-hydrogen) atoms. The van der Waals surface area contributed by atoms with Crippen LogP contribution in [0.5, 0.6) is 0 Å². The van der Waals surface area contributed by atoms with E-state index in [0.29, 0.717) is 12.1 Å².